The van der Waals surface area contributed by atoms with E-state index in [0.717, 1.165) is 50.0 Å². The molecule has 6 aromatic carbocycles. The molecule has 0 atom stereocenters. The van der Waals surface area contributed by atoms with Gasteiger partial charge in [-0.05, 0) is 75.3 Å². The Morgan fingerprint density at radius 1 is 0.542 bits per heavy atom. The molecule has 8 aromatic rings. The van der Waals surface area contributed by atoms with E-state index in [4.69, 9.17) is 32.8 Å². The molecule has 2 heterocycles. The van der Waals surface area contributed by atoms with Crippen LogP contribution in [0.5, 0.6) is 0 Å². The van der Waals surface area contributed by atoms with Crippen LogP contribution < -0.4 is 10.9 Å². The van der Waals surface area contributed by atoms with Crippen LogP contribution in [0.15, 0.2) is 176 Å². The van der Waals surface area contributed by atoms with Gasteiger partial charge in [-0.2, -0.15) is 0 Å². The predicted octanol–water partition coefficient (Wildman–Crippen LogP) is 9.58. The SMILES string of the molecule is Clc1ccc(C(OB(c2ccccc2)c2ccccc2)(c2ccc(Cl)cc2)c2nc(-c3ccc4ccccc4c3)n3ccccc23)cc1. The van der Waals surface area contributed by atoms with Crippen molar-refractivity contribution in [3.05, 3.63) is 203 Å². The van der Waals surface area contributed by atoms with E-state index >= 15 is 0 Å². The van der Waals surface area contributed by atoms with Gasteiger partial charge in [0, 0.05) is 21.8 Å². The highest BCUT2D eigenvalue weighted by atomic mass is 35.5. The molecule has 0 aliphatic carbocycles. The van der Waals surface area contributed by atoms with Crippen molar-refractivity contribution < 1.29 is 4.65 Å². The molecule has 2 aromatic heterocycles. The van der Waals surface area contributed by atoms with Crippen LogP contribution in [0.4, 0.5) is 0 Å². The maximum Gasteiger partial charge on any atom is 0.362 e. The summed E-state index contributed by atoms with van der Waals surface area (Å²) in [5, 5.41) is 3.60. The summed E-state index contributed by atoms with van der Waals surface area (Å²) in [5.74, 6) is 0.818. The number of halogens is 2. The Morgan fingerprint density at radius 2 is 1.08 bits per heavy atom. The predicted molar refractivity (Wildman–Crippen MR) is 200 cm³/mol. The number of hydrogen-bond donors (Lipinski definition) is 0. The molecule has 8 rings (SSSR count). The van der Waals surface area contributed by atoms with Crippen LogP contribution in [0.1, 0.15) is 16.8 Å². The van der Waals surface area contributed by atoms with Gasteiger partial charge >= 0.3 is 6.92 Å². The summed E-state index contributed by atoms with van der Waals surface area (Å²) in [4.78, 5) is 5.55. The molecule has 0 saturated carbocycles. The number of fused-ring (bicyclic) bond motifs is 2. The summed E-state index contributed by atoms with van der Waals surface area (Å²) < 4.78 is 9.87. The second kappa shape index (κ2) is 12.8. The van der Waals surface area contributed by atoms with Gasteiger partial charge in [-0.25, -0.2) is 4.98 Å². The molecule has 0 aliphatic heterocycles. The summed E-state index contributed by atoms with van der Waals surface area (Å²) in [7, 11) is 0. The Bertz CT molecular complexity index is 2260. The largest absolute Gasteiger partial charge is 0.408 e. The van der Waals surface area contributed by atoms with Crippen molar-refractivity contribution in [3.8, 4) is 11.4 Å². The number of imidazole rings is 1. The smallest absolute Gasteiger partial charge is 0.362 e. The quantitative estimate of drug-likeness (QED) is 0.152. The van der Waals surface area contributed by atoms with Crippen molar-refractivity contribution in [2.75, 3.05) is 0 Å². The Labute approximate surface area is 290 Å². The molecule has 48 heavy (non-hydrogen) atoms. The second-order valence-corrected chi connectivity index (χ2v) is 12.7. The standard InChI is InChI=1S/C42H29BCl2N2O/c44-37-24-20-33(21-25-37)42(34-22-26-38(45)27-23-34,48-43(35-13-3-1-4-14-35)36-15-5-2-6-16-36)40-39-17-9-10-28-47(39)41(46-40)32-19-18-30-11-7-8-12-31(30)29-32/h1-29H. The third-order valence-corrected chi connectivity index (χ3v) is 9.39. The zero-order valence-electron chi connectivity index (χ0n) is 25.9. The highest BCUT2D eigenvalue weighted by molar-refractivity contribution is 6.80. The molecule has 0 spiro atoms. The van der Waals surface area contributed by atoms with E-state index in [9.17, 15) is 0 Å². The third kappa shape index (κ3) is 5.48. The summed E-state index contributed by atoms with van der Waals surface area (Å²) in [6, 6.07) is 57.5. The lowest BCUT2D eigenvalue weighted by molar-refractivity contribution is 0.159. The van der Waals surface area contributed by atoms with Gasteiger partial charge in [0.2, 0.25) is 0 Å². The molecule has 0 unspecified atom stereocenters. The van der Waals surface area contributed by atoms with Crippen molar-refractivity contribution in [3.63, 3.8) is 0 Å². The fraction of sp³-hybridized carbons (Fsp3) is 0.0238. The van der Waals surface area contributed by atoms with Crippen molar-refractivity contribution in [1.82, 2.24) is 9.38 Å². The van der Waals surface area contributed by atoms with Gasteiger partial charge in [0.1, 0.15) is 17.1 Å². The zero-order chi connectivity index (χ0) is 32.5. The van der Waals surface area contributed by atoms with Crippen molar-refractivity contribution in [2.45, 2.75) is 5.60 Å². The molecule has 0 fully saturated rings. The van der Waals surface area contributed by atoms with E-state index in [-0.39, 0.29) is 0 Å². The molecule has 0 saturated heterocycles. The molecule has 0 aliphatic rings. The zero-order valence-corrected chi connectivity index (χ0v) is 27.4. The van der Waals surface area contributed by atoms with E-state index in [2.05, 4.69) is 83.4 Å². The molecular formula is C42H29BCl2N2O. The maximum atomic E-state index is 7.71. The van der Waals surface area contributed by atoms with Gasteiger partial charge in [0.05, 0.1) is 5.52 Å². The van der Waals surface area contributed by atoms with Crippen LogP contribution >= 0.6 is 23.2 Å². The summed E-state index contributed by atoms with van der Waals surface area (Å²) in [6.07, 6.45) is 2.07. The fourth-order valence-corrected chi connectivity index (χ4v) is 6.84. The van der Waals surface area contributed by atoms with Gasteiger partial charge in [-0.3, -0.25) is 4.40 Å². The van der Waals surface area contributed by atoms with Gasteiger partial charge in [-0.1, -0.05) is 151 Å². The third-order valence-electron chi connectivity index (χ3n) is 8.89. The number of hydrogen-bond acceptors (Lipinski definition) is 2. The van der Waals surface area contributed by atoms with Crippen LogP contribution in [-0.2, 0) is 10.3 Å². The minimum absolute atomic E-state index is 0.455. The molecule has 0 radical (unpaired) electrons. The average Bonchev–Trinajstić information content (AvgIpc) is 3.54. The van der Waals surface area contributed by atoms with E-state index in [1.165, 1.54) is 5.39 Å². The Morgan fingerprint density at radius 3 is 1.69 bits per heavy atom. The van der Waals surface area contributed by atoms with Gasteiger partial charge in [0.25, 0.3) is 0 Å². The van der Waals surface area contributed by atoms with E-state index in [0.29, 0.717) is 10.0 Å². The highest BCUT2D eigenvalue weighted by Crippen LogP contribution is 2.44. The lowest BCUT2D eigenvalue weighted by Crippen LogP contribution is -2.51. The summed E-state index contributed by atoms with van der Waals surface area (Å²) in [6.45, 7) is -0.455. The van der Waals surface area contributed by atoms with Crippen LogP contribution in [0, 0.1) is 0 Å². The van der Waals surface area contributed by atoms with E-state index in [1.807, 2.05) is 97.1 Å². The summed E-state index contributed by atoms with van der Waals surface area (Å²) in [5.41, 5.74) is 5.31. The van der Waals surface area contributed by atoms with E-state index in [1.54, 1.807) is 0 Å². The van der Waals surface area contributed by atoms with Crippen LogP contribution in [0.2, 0.25) is 10.0 Å². The van der Waals surface area contributed by atoms with Crippen molar-refractivity contribution in [2.24, 2.45) is 0 Å². The number of aromatic nitrogens is 2. The first-order chi connectivity index (χ1) is 23.6. The summed E-state index contributed by atoms with van der Waals surface area (Å²) >= 11 is 13.0. The lowest BCUT2D eigenvalue weighted by atomic mass is 9.54. The monoisotopic (exact) mass is 658 g/mol. The highest BCUT2D eigenvalue weighted by Gasteiger charge is 2.45. The number of rotatable bonds is 8. The Balaban J connectivity index is 1.46. The molecule has 6 heteroatoms. The minimum atomic E-state index is -1.20. The first-order valence-electron chi connectivity index (χ1n) is 15.9. The topological polar surface area (TPSA) is 26.5 Å². The second-order valence-electron chi connectivity index (χ2n) is 11.8. The molecular weight excluding hydrogens is 630 g/mol. The molecule has 0 bridgehead atoms. The Hall–Kier alpha value is -5.13. The maximum absolute atomic E-state index is 7.71. The van der Waals surface area contributed by atoms with Gasteiger partial charge in [-0.15, -0.1) is 0 Å². The molecule has 0 N–H and O–H groups in total. The Kier molecular flexibility index (Phi) is 8.07. The number of benzene rings is 6. The average molecular weight is 659 g/mol. The minimum Gasteiger partial charge on any atom is -0.408 e. The molecule has 3 nitrogen and oxygen atoms in total. The van der Waals surface area contributed by atoms with Crippen LogP contribution in [-0.4, -0.2) is 16.3 Å². The molecule has 230 valence electrons. The van der Waals surface area contributed by atoms with Crippen molar-refractivity contribution in [1.29, 1.82) is 0 Å². The van der Waals surface area contributed by atoms with E-state index < -0.39 is 12.5 Å². The first kappa shape index (κ1) is 30.2. The van der Waals surface area contributed by atoms with Crippen LogP contribution in [0.25, 0.3) is 27.7 Å². The first-order valence-corrected chi connectivity index (χ1v) is 16.6. The fourth-order valence-electron chi connectivity index (χ4n) is 6.59. The van der Waals surface area contributed by atoms with Gasteiger partial charge in [0.15, 0.2) is 0 Å². The lowest BCUT2D eigenvalue weighted by Gasteiger charge is -2.37. The number of pyridine rings is 1. The van der Waals surface area contributed by atoms with Crippen molar-refractivity contribution >= 4 is 57.3 Å². The normalized spacial score (nSPS) is 11.6. The molecule has 0 amide bonds. The number of nitrogens with zero attached hydrogens (tertiary/aromatic N) is 2. The van der Waals surface area contributed by atoms with Crippen LogP contribution in [0.3, 0.4) is 0 Å². The van der Waals surface area contributed by atoms with Gasteiger partial charge < -0.3 is 4.65 Å².